The van der Waals surface area contributed by atoms with E-state index >= 15 is 0 Å². The molecule has 25 heavy (non-hydrogen) atoms. The minimum absolute atomic E-state index is 0. The first kappa shape index (κ1) is 20.3. The molecule has 1 amide bonds. The van der Waals surface area contributed by atoms with Crippen LogP contribution in [-0.2, 0) is 0 Å². The number of benzene rings is 2. The van der Waals surface area contributed by atoms with Crippen LogP contribution in [0, 0.1) is 0 Å². The third-order valence-corrected chi connectivity index (χ3v) is 4.96. The summed E-state index contributed by atoms with van der Waals surface area (Å²) in [5.74, 6) is -0.120. The monoisotopic (exact) mass is 418 g/mol. The molecule has 0 atom stereocenters. The lowest BCUT2D eigenvalue weighted by Crippen LogP contribution is -2.46. The van der Waals surface area contributed by atoms with Gasteiger partial charge < -0.3 is 10.2 Å². The summed E-state index contributed by atoms with van der Waals surface area (Å²) in [7, 11) is 0. The number of carbonyl (C=O) groups is 1. The van der Waals surface area contributed by atoms with Crippen molar-refractivity contribution in [1.29, 1.82) is 0 Å². The van der Waals surface area contributed by atoms with Crippen LogP contribution in [0.3, 0.4) is 0 Å². The molecule has 2 aromatic rings. The van der Waals surface area contributed by atoms with Gasteiger partial charge in [0.15, 0.2) is 0 Å². The molecule has 1 N–H and O–H groups in total. The van der Waals surface area contributed by atoms with Gasteiger partial charge >= 0.3 is 0 Å². The number of carbonyl (C=O) groups excluding carboxylic acids is 1. The predicted octanol–water partition coefficient (Wildman–Crippen LogP) is 5.47. The number of amides is 1. The van der Waals surface area contributed by atoms with Gasteiger partial charge in [0.25, 0.3) is 5.91 Å². The smallest absolute Gasteiger partial charge is 0.260 e. The van der Waals surface area contributed by atoms with Gasteiger partial charge in [0.05, 0.1) is 10.6 Å². The molecule has 0 aliphatic carbocycles. The van der Waals surface area contributed by atoms with E-state index in [-0.39, 0.29) is 24.4 Å². The Kier molecular flexibility index (Phi) is 7.41. The summed E-state index contributed by atoms with van der Waals surface area (Å²) in [6.07, 6.45) is 1.78. The molecule has 3 rings (SSSR count). The van der Waals surface area contributed by atoms with E-state index < -0.39 is 0 Å². The highest BCUT2D eigenvalue weighted by molar-refractivity contribution is 6.37. The van der Waals surface area contributed by atoms with Crippen molar-refractivity contribution in [2.24, 2.45) is 0 Å². The first-order valence-electron chi connectivity index (χ1n) is 7.81. The minimum atomic E-state index is -0.120. The van der Waals surface area contributed by atoms with Gasteiger partial charge in [0.2, 0.25) is 0 Å². The largest absolute Gasteiger partial charge is 0.317 e. The van der Waals surface area contributed by atoms with E-state index in [9.17, 15) is 4.79 Å². The summed E-state index contributed by atoms with van der Waals surface area (Å²) in [6.45, 7) is 1.77. The summed E-state index contributed by atoms with van der Waals surface area (Å²) < 4.78 is 0. The van der Waals surface area contributed by atoms with Crippen molar-refractivity contribution in [3.8, 4) is 0 Å². The molecule has 1 aliphatic rings. The number of piperidine rings is 1. The lowest BCUT2D eigenvalue weighted by Gasteiger charge is -2.35. The molecule has 2 aromatic carbocycles. The Morgan fingerprint density at radius 1 is 0.960 bits per heavy atom. The highest BCUT2D eigenvalue weighted by Crippen LogP contribution is 2.29. The fourth-order valence-electron chi connectivity index (χ4n) is 2.95. The van der Waals surface area contributed by atoms with Crippen molar-refractivity contribution in [2.45, 2.75) is 18.9 Å². The fourth-order valence-corrected chi connectivity index (χ4v) is 3.57. The van der Waals surface area contributed by atoms with Crippen LogP contribution in [0.2, 0.25) is 15.1 Å². The van der Waals surface area contributed by atoms with Crippen molar-refractivity contribution in [2.75, 3.05) is 18.0 Å². The van der Waals surface area contributed by atoms with Crippen LogP contribution in [0.5, 0.6) is 0 Å². The average molecular weight is 420 g/mol. The van der Waals surface area contributed by atoms with Gasteiger partial charge in [-0.15, -0.1) is 12.4 Å². The number of rotatable bonds is 3. The first-order chi connectivity index (χ1) is 11.6. The second-order valence-electron chi connectivity index (χ2n) is 5.76. The number of hydrogen-bond donors (Lipinski definition) is 1. The molecule has 0 radical (unpaired) electrons. The molecule has 0 bridgehead atoms. The molecule has 134 valence electrons. The van der Waals surface area contributed by atoms with Gasteiger partial charge in [-0.25, -0.2) is 0 Å². The molecule has 1 aliphatic heterocycles. The summed E-state index contributed by atoms with van der Waals surface area (Å²) in [5, 5.41) is 4.84. The molecule has 3 nitrogen and oxygen atoms in total. The third kappa shape index (κ3) is 4.81. The topological polar surface area (TPSA) is 32.3 Å². The quantitative estimate of drug-likeness (QED) is 0.715. The Hall–Kier alpha value is -0.970. The minimum Gasteiger partial charge on any atom is -0.317 e. The van der Waals surface area contributed by atoms with Crippen LogP contribution in [0.1, 0.15) is 23.2 Å². The van der Waals surface area contributed by atoms with E-state index in [1.807, 2.05) is 17.0 Å². The SMILES string of the molecule is Cl.O=C(c1ccc(Cl)cc1Cl)N(c1ccc(Cl)cc1)C1CCNCC1. The Morgan fingerprint density at radius 3 is 2.16 bits per heavy atom. The standard InChI is InChI=1S/C18H17Cl3N2O.ClH/c19-12-1-4-14(5-2-12)23(15-7-9-22-10-8-15)18(24)16-6-3-13(20)11-17(16)21;/h1-6,11,15,22H,7-10H2;1H. The van der Waals surface area contributed by atoms with Crippen LogP contribution in [0.4, 0.5) is 5.69 Å². The van der Waals surface area contributed by atoms with Gasteiger partial charge in [-0.3, -0.25) is 4.79 Å². The predicted molar refractivity (Wildman–Crippen MR) is 108 cm³/mol. The normalized spacial score (nSPS) is 14.7. The molecular weight excluding hydrogens is 402 g/mol. The Labute approximate surface area is 168 Å². The van der Waals surface area contributed by atoms with Crippen LogP contribution < -0.4 is 10.2 Å². The number of anilines is 1. The maximum Gasteiger partial charge on any atom is 0.260 e. The van der Waals surface area contributed by atoms with E-state index in [0.717, 1.165) is 31.6 Å². The zero-order chi connectivity index (χ0) is 17.1. The van der Waals surface area contributed by atoms with Crippen LogP contribution in [-0.4, -0.2) is 25.0 Å². The van der Waals surface area contributed by atoms with Crippen LogP contribution in [0.25, 0.3) is 0 Å². The highest BCUT2D eigenvalue weighted by Gasteiger charge is 2.28. The number of nitrogens with zero attached hydrogens (tertiary/aromatic N) is 1. The molecule has 0 aromatic heterocycles. The number of nitrogens with one attached hydrogen (secondary N) is 1. The van der Waals surface area contributed by atoms with Gasteiger partial charge in [0, 0.05) is 21.8 Å². The van der Waals surface area contributed by atoms with Gasteiger partial charge in [-0.05, 0) is 68.4 Å². The summed E-state index contributed by atoms with van der Waals surface area (Å²) >= 11 is 18.2. The molecular formula is C18H18Cl4N2O. The molecule has 0 unspecified atom stereocenters. The second-order valence-corrected chi connectivity index (χ2v) is 7.04. The lowest BCUT2D eigenvalue weighted by molar-refractivity contribution is 0.0972. The fraction of sp³-hybridized carbons (Fsp3) is 0.278. The van der Waals surface area contributed by atoms with E-state index in [4.69, 9.17) is 34.8 Å². The molecule has 0 spiro atoms. The highest BCUT2D eigenvalue weighted by atomic mass is 35.5. The van der Waals surface area contributed by atoms with Gasteiger partial charge in [-0.1, -0.05) is 34.8 Å². The first-order valence-corrected chi connectivity index (χ1v) is 8.94. The molecule has 1 fully saturated rings. The Balaban J connectivity index is 0.00000225. The summed E-state index contributed by atoms with van der Waals surface area (Å²) in [5.41, 5.74) is 1.27. The number of hydrogen-bond acceptors (Lipinski definition) is 2. The van der Waals surface area contributed by atoms with Gasteiger partial charge in [0.1, 0.15) is 0 Å². The van der Waals surface area contributed by atoms with E-state index in [0.29, 0.717) is 20.6 Å². The molecule has 7 heteroatoms. The van der Waals surface area contributed by atoms with Crippen LogP contribution >= 0.6 is 47.2 Å². The zero-order valence-electron chi connectivity index (χ0n) is 13.3. The molecule has 1 saturated heterocycles. The van der Waals surface area contributed by atoms with Crippen molar-refractivity contribution in [3.05, 3.63) is 63.1 Å². The van der Waals surface area contributed by atoms with Crippen molar-refractivity contribution < 1.29 is 4.79 Å². The summed E-state index contributed by atoms with van der Waals surface area (Å²) in [4.78, 5) is 15.0. The number of halogens is 4. The maximum atomic E-state index is 13.2. The maximum absolute atomic E-state index is 13.2. The average Bonchev–Trinajstić information content (AvgIpc) is 2.58. The van der Waals surface area contributed by atoms with Crippen molar-refractivity contribution >= 4 is 58.8 Å². The van der Waals surface area contributed by atoms with Gasteiger partial charge in [-0.2, -0.15) is 0 Å². The Bertz CT molecular complexity index is 730. The Morgan fingerprint density at radius 2 is 1.56 bits per heavy atom. The van der Waals surface area contributed by atoms with Crippen molar-refractivity contribution in [1.82, 2.24) is 5.32 Å². The summed E-state index contributed by atoms with van der Waals surface area (Å²) in [6, 6.07) is 12.4. The second kappa shape index (κ2) is 9.11. The third-order valence-electron chi connectivity index (χ3n) is 4.16. The van der Waals surface area contributed by atoms with Crippen LogP contribution in [0.15, 0.2) is 42.5 Å². The zero-order valence-corrected chi connectivity index (χ0v) is 16.4. The van der Waals surface area contributed by atoms with E-state index in [1.54, 1.807) is 30.3 Å². The van der Waals surface area contributed by atoms with E-state index in [2.05, 4.69) is 5.32 Å². The van der Waals surface area contributed by atoms with Crippen molar-refractivity contribution in [3.63, 3.8) is 0 Å². The molecule has 0 saturated carbocycles. The van der Waals surface area contributed by atoms with E-state index in [1.165, 1.54) is 0 Å². The molecule has 1 heterocycles. The lowest BCUT2D eigenvalue weighted by atomic mass is 10.0.